The minimum Gasteiger partial charge on any atom is -0.322 e. The molecule has 0 saturated carbocycles. The zero-order chi connectivity index (χ0) is 16.1. The Balaban J connectivity index is 2.03. The van der Waals surface area contributed by atoms with Crippen molar-refractivity contribution in [2.45, 2.75) is 16.7 Å². The summed E-state index contributed by atoms with van der Waals surface area (Å²) in [6.45, 7) is 5.23. The van der Waals surface area contributed by atoms with Crippen LogP contribution in [0.4, 0.5) is 11.4 Å². The molecular formula is C16H14N2O3S. The van der Waals surface area contributed by atoms with Crippen molar-refractivity contribution >= 4 is 29.0 Å². The molecule has 2 aromatic rings. The van der Waals surface area contributed by atoms with Crippen LogP contribution in [0.3, 0.4) is 0 Å². The Morgan fingerprint density at radius 2 is 1.59 bits per heavy atom. The van der Waals surface area contributed by atoms with E-state index < -0.39 is 4.92 Å². The van der Waals surface area contributed by atoms with Gasteiger partial charge in [-0.1, -0.05) is 18.3 Å². The van der Waals surface area contributed by atoms with Gasteiger partial charge in [-0.2, -0.15) is 0 Å². The number of hydrogen-bond acceptors (Lipinski definition) is 4. The maximum absolute atomic E-state index is 11.5. The van der Waals surface area contributed by atoms with Crippen molar-refractivity contribution in [1.29, 1.82) is 0 Å². The number of benzene rings is 2. The van der Waals surface area contributed by atoms with Gasteiger partial charge in [-0.25, -0.2) is 0 Å². The van der Waals surface area contributed by atoms with Crippen LogP contribution in [-0.2, 0) is 4.79 Å². The lowest BCUT2D eigenvalue weighted by Gasteiger charge is -2.06. The summed E-state index contributed by atoms with van der Waals surface area (Å²) in [5.74, 6) is -0.212. The highest BCUT2D eigenvalue weighted by Crippen LogP contribution is 2.29. The summed E-state index contributed by atoms with van der Waals surface area (Å²) in [5.41, 5.74) is 1.22. The van der Waals surface area contributed by atoms with Gasteiger partial charge < -0.3 is 5.32 Å². The Hall–Kier alpha value is -2.60. The van der Waals surface area contributed by atoms with Crippen LogP contribution in [0.25, 0.3) is 0 Å². The van der Waals surface area contributed by atoms with Crippen molar-refractivity contribution in [3.63, 3.8) is 0 Å². The average Bonchev–Trinajstić information content (AvgIpc) is 2.49. The first-order valence-electron chi connectivity index (χ1n) is 6.45. The molecule has 112 valence electrons. The van der Waals surface area contributed by atoms with Crippen LogP contribution in [0.1, 0.15) is 6.92 Å². The summed E-state index contributed by atoms with van der Waals surface area (Å²) in [7, 11) is 0. The van der Waals surface area contributed by atoms with E-state index in [0.29, 0.717) is 11.3 Å². The van der Waals surface area contributed by atoms with E-state index in [2.05, 4.69) is 11.9 Å². The lowest BCUT2D eigenvalue weighted by Crippen LogP contribution is -2.11. The Kier molecular flexibility index (Phi) is 4.95. The molecule has 6 heteroatoms. The molecule has 5 nitrogen and oxygen atoms in total. The van der Waals surface area contributed by atoms with E-state index in [1.807, 2.05) is 12.1 Å². The number of amides is 1. The number of nitrogens with one attached hydrogen (secondary N) is 1. The molecule has 0 radical (unpaired) electrons. The fourth-order valence-corrected chi connectivity index (χ4v) is 2.43. The molecule has 2 aromatic carbocycles. The summed E-state index contributed by atoms with van der Waals surface area (Å²) in [4.78, 5) is 23.6. The first-order valence-corrected chi connectivity index (χ1v) is 7.26. The summed E-state index contributed by atoms with van der Waals surface area (Å²) in [6.07, 6.45) is 0. The van der Waals surface area contributed by atoms with E-state index in [4.69, 9.17) is 0 Å². The SMILES string of the molecule is C=C(C)C(=O)Nc1ccc(Sc2ccc([N+](=O)[O-])cc2)cc1. The number of hydrogen-bond donors (Lipinski definition) is 1. The molecule has 2 rings (SSSR count). The lowest BCUT2D eigenvalue weighted by molar-refractivity contribution is -0.384. The fourth-order valence-electron chi connectivity index (χ4n) is 1.62. The van der Waals surface area contributed by atoms with Crippen LogP contribution in [-0.4, -0.2) is 10.8 Å². The summed E-state index contributed by atoms with van der Waals surface area (Å²) >= 11 is 1.49. The van der Waals surface area contributed by atoms with Crippen molar-refractivity contribution in [1.82, 2.24) is 0 Å². The Morgan fingerprint density at radius 3 is 2.05 bits per heavy atom. The first kappa shape index (κ1) is 15.8. The summed E-state index contributed by atoms with van der Waals surface area (Å²) in [6, 6.07) is 13.7. The second-order valence-corrected chi connectivity index (χ2v) is 5.76. The normalized spacial score (nSPS) is 10.0. The molecule has 0 fully saturated rings. The van der Waals surface area contributed by atoms with Crippen LogP contribution < -0.4 is 5.32 Å². The molecule has 0 aliphatic carbocycles. The first-order chi connectivity index (χ1) is 10.5. The van der Waals surface area contributed by atoms with Gasteiger partial charge in [0.2, 0.25) is 0 Å². The average molecular weight is 314 g/mol. The van der Waals surface area contributed by atoms with E-state index in [1.54, 1.807) is 31.2 Å². The molecule has 0 atom stereocenters. The number of nitro benzene ring substituents is 1. The van der Waals surface area contributed by atoms with Crippen LogP contribution in [0, 0.1) is 10.1 Å². The van der Waals surface area contributed by atoms with E-state index in [-0.39, 0.29) is 11.6 Å². The van der Waals surface area contributed by atoms with Gasteiger partial charge in [-0.05, 0) is 43.3 Å². The highest BCUT2D eigenvalue weighted by molar-refractivity contribution is 7.99. The van der Waals surface area contributed by atoms with E-state index in [1.165, 1.54) is 23.9 Å². The Bertz CT molecular complexity index is 709. The highest BCUT2D eigenvalue weighted by Gasteiger charge is 2.06. The van der Waals surface area contributed by atoms with Gasteiger partial charge >= 0.3 is 0 Å². The molecule has 0 unspecified atom stereocenters. The van der Waals surface area contributed by atoms with E-state index in [9.17, 15) is 14.9 Å². The van der Waals surface area contributed by atoms with Gasteiger partial charge in [0.25, 0.3) is 11.6 Å². The number of nitrogens with zero attached hydrogens (tertiary/aromatic N) is 1. The number of carbonyl (C=O) groups excluding carboxylic acids is 1. The molecule has 1 N–H and O–H groups in total. The van der Waals surface area contributed by atoms with Crippen LogP contribution in [0.5, 0.6) is 0 Å². The quantitative estimate of drug-likeness (QED) is 0.508. The van der Waals surface area contributed by atoms with Gasteiger partial charge in [0.05, 0.1) is 4.92 Å². The maximum atomic E-state index is 11.5. The number of non-ortho nitro benzene ring substituents is 1. The van der Waals surface area contributed by atoms with Gasteiger partial charge in [-0.15, -0.1) is 0 Å². The monoisotopic (exact) mass is 314 g/mol. The van der Waals surface area contributed by atoms with Gasteiger partial charge in [0.15, 0.2) is 0 Å². The second-order valence-electron chi connectivity index (χ2n) is 4.61. The lowest BCUT2D eigenvalue weighted by atomic mass is 10.3. The Labute approximate surface area is 132 Å². The third-order valence-electron chi connectivity index (χ3n) is 2.78. The molecule has 0 aliphatic heterocycles. The third-order valence-corrected chi connectivity index (χ3v) is 3.80. The van der Waals surface area contributed by atoms with Crippen molar-refractivity contribution in [2.24, 2.45) is 0 Å². The standard InChI is InChI=1S/C16H14N2O3S/c1-11(2)16(19)17-12-3-7-14(8-4-12)22-15-9-5-13(6-10-15)18(20)21/h3-10H,1H2,2H3,(H,17,19). The number of nitro groups is 1. The minimum absolute atomic E-state index is 0.0715. The summed E-state index contributed by atoms with van der Waals surface area (Å²) < 4.78 is 0. The predicted molar refractivity (Wildman–Crippen MR) is 87.1 cm³/mol. The Morgan fingerprint density at radius 1 is 1.09 bits per heavy atom. The summed E-state index contributed by atoms with van der Waals surface area (Å²) in [5, 5.41) is 13.3. The molecule has 0 aromatic heterocycles. The zero-order valence-corrected chi connectivity index (χ0v) is 12.7. The number of anilines is 1. The van der Waals surface area contributed by atoms with Gasteiger partial charge in [0.1, 0.15) is 0 Å². The third kappa shape index (κ3) is 4.20. The largest absolute Gasteiger partial charge is 0.322 e. The van der Waals surface area contributed by atoms with Crippen molar-refractivity contribution in [3.8, 4) is 0 Å². The topological polar surface area (TPSA) is 72.2 Å². The minimum atomic E-state index is -0.423. The second kappa shape index (κ2) is 6.91. The molecule has 0 bridgehead atoms. The van der Waals surface area contributed by atoms with Gasteiger partial charge in [-0.3, -0.25) is 14.9 Å². The molecule has 0 heterocycles. The zero-order valence-electron chi connectivity index (χ0n) is 11.9. The highest BCUT2D eigenvalue weighted by atomic mass is 32.2. The predicted octanol–water partition coefficient (Wildman–Crippen LogP) is 4.26. The van der Waals surface area contributed by atoms with Crippen LogP contribution in [0.2, 0.25) is 0 Å². The fraction of sp³-hybridized carbons (Fsp3) is 0.0625. The smallest absolute Gasteiger partial charge is 0.269 e. The molecule has 1 amide bonds. The number of carbonyl (C=O) groups is 1. The van der Waals surface area contributed by atoms with Crippen LogP contribution >= 0.6 is 11.8 Å². The van der Waals surface area contributed by atoms with E-state index >= 15 is 0 Å². The van der Waals surface area contributed by atoms with Gasteiger partial charge in [0, 0.05) is 33.2 Å². The molecular weight excluding hydrogens is 300 g/mol. The molecule has 0 saturated heterocycles. The van der Waals surface area contributed by atoms with Crippen molar-refractivity contribution in [3.05, 3.63) is 70.8 Å². The molecule has 22 heavy (non-hydrogen) atoms. The molecule has 0 aliphatic rings. The van der Waals surface area contributed by atoms with Crippen LogP contribution in [0.15, 0.2) is 70.5 Å². The number of rotatable bonds is 5. The maximum Gasteiger partial charge on any atom is 0.269 e. The van der Waals surface area contributed by atoms with E-state index in [0.717, 1.165) is 9.79 Å². The van der Waals surface area contributed by atoms with Crippen molar-refractivity contribution in [2.75, 3.05) is 5.32 Å². The molecule has 0 spiro atoms. The van der Waals surface area contributed by atoms with Crippen molar-refractivity contribution < 1.29 is 9.72 Å².